The van der Waals surface area contributed by atoms with Crippen LogP contribution in [0.4, 0.5) is 0 Å². The molecule has 0 heterocycles. The summed E-state index contributed by atoms with van der Waals surface area (Å²) in [6, 6.07) is 0.321. The topological polar surface area (TPSA) is 29.1 Å². The average molecular weight is 243 g/mol. The molecule has 2 unspecified atom stereocenters. The van der Waals surface area contributed by atoms with Gasteiger partial charge in [0.1, 0.15) is 0 Å². The van der Waals surface area contributed by atoms with Crippen LogP contribution in [0.15, 0.2) is 0 Å². The van der Waals surface area contributed by atoms with Gasteiger partial charge in [0.25, 0.3) is 0 Å². The lowest BCUT2D eigenvalue weighted by Gasteiger charge is -2.39. The van der Waals surface area contributed by atoms with E-state index in [0.717, 1.165) is 6.42 Å². The molecule has 0 bridgehead atoms. The van der Waals surface area contributed by atoms with Crippen molar-refractivity contribution in [2.45, 2.75) is 64.7 Å². The molecule has 1 aliphatic rings. The van der Waals surface area contributed by atoms with E-state index in [2.05, 4.69) is 31.8 Å². The van der Waals surface area contributed by atoms with Gasteiger partial charge in [0, 0.05) is 6.04 Å². The molecule has 0 aromatic carbocycles. The van der Waals surface area contributed by atoms with Crippen molar-refractivity contribution in [2.75, 3.05) is 0 Å². The first-order valence-electron chi connectivity index (χ1n) is 6.33. The highest BCUT2D eigenvalue weighted by atomic mass is 32.1. The van der Waals surface area contributed by atoms with Crippen LogP contribution in [0.3, 0.4) is 0 Å². The summed E-state index contributed by atoms with van der Waals surface area (Å²) < 4.78 is 0. The van der Waals surface area contributed by atoms with Crippen LogP contribution < -0.4 is 5.32 Å². The van der Waals surface area contributed by atoms with Gasteiger partial charge in [-0.25, -0.2) is 0 Å². The number of rotatable bonds is 3. The number of carbonyl (C=O) groups is 1. The predicted molar refractivity (Wildman–Crippen MR) is 71.8 cm³/mol. The summed E-state index contributed by atoms with van der Waals surface area (Å²) in [7, 11) is 0. The van der Waals surface area contributed by atoms with Gasteiger partial charge in [-0.3, -0.25) is 4.79 Å². The van der Waals surface area contributed by atoms with Crippen molar-refractivity contribution in [1.82, 2.24) is 5.32 Å². The molecule has 0 spiro atoms. The quantitative estimate of drug-likeness (QED) is 0.733. The van der Waals surface area contributed by atoms with Gasteiger partial charge in [-0.1, -0.05) is 40.5 Å². The summed E-state index contributed by atoms with van der Waals surface area (Å²) in [5.41, 5.74) is 0.235. The molecule has 0 saturated heterocycles. The Morgan fingerprint density at radius 3 is 2.50 bits per heavy atom. The standard InChI is InChI=1S/C13H25NOS/c1-9(2)11(16)12(15)14-10-7-5-6-8-13(10,3)4/h9-11,16H,5-8H2,1-4H3,(H,14,15). The Bertz CT molecular complexity index is 250. The maximum Gasteiger partial charge on any atom is 0.233 e. The van der Waals surface area contributed by atoms with E-state index in [1.54, 1.807) is 0 Å². The molecule has 1 fully saturated rings. The Hall–Kier alpha value is -0.180. The Morgan fingerprint density at radius 2 is 2.00 bits per heavy atom. The van der Waals surface area contributed by atoms with E-state index in [0.29, 0.717) is 6.04 Å². The summed E-state index contributed by atoms with van der Waals surface area (Å²) in [6.07, 6.45) is 4.83. The Kier molecular flexibility index (Phi) is 4.72. The van der Waals surface area contributed by atoms with Crippen molar-refractivity contribution < 1.29 is 4.79 Å². The van der Waals surface area contributed by atoms with Gasteiger partial charge in [0.05, 0.1) is 5.25 Å². The number of hydrogen-bond donors (Lipinski definition) is 2. The second kappa shape index (κ2) is 5.44. The maximum absolute atomic E-state index is 12.0. The molecule has 0 aliphatic heterocycles. The molecule has 2 atom stereocenters. The molecule has 0 radical (unpaired) electrons. The largest absolute Gasteiger partial charge is 0.352 e. The molecule has 16 heavy (non-hydrogen) atoms. The highest BCUT2D eigenvalue weighted by Gasteiger charge is 2.34. The number of hydrogen-bond acceptors (Lipinski definition) is 2. The SMILES string of the molecule is CC(C)C(S)C(=O)NC1CCCCC1(C)C. The van der Waals surface area contributed by atoms with Gasteiger partial charge in [-0.2, -0.15) is 12.6 Å². The molecular formula is C13H25NOS. The summed E-state index contributed by atoms with van der Waals surface area (Å²) in [5.74, 6) is 0.383. The minimum atomic E-state index is -0.183. The zero-order valence-corrected chi connectivity index (χ0v) is 11.8. The van der Waals surface area contributed by atoms with Crippen molar-refractivity contribution in [3.63, 3.8) is 0 Å². The van der Waals surface area contributed by atoms with Crippen LogP contribution in [-0.4, -0.2) is 17.2 Å². The van der Waals surface area contributed by atoms with Crippen LogP contribution in [0.25, 0.3) is 0 Å². The van der Waals surface area contributed by atoms with Crippen LogP contribution >= 0.6 is 12.6 Å². The zero-order valence-electron chi connectivity index (χ0n) is 10.9. The highest BCUT2D eigenvalue weighted by molar-refractivity contribution is 7.81. The lowest BCUT2D eigenvalue weighted by molar-refractivity contribution is -0.123. The van der Waals surface area contributed by atoms with Crippen molar-refractivity contribution in [3.8, 4) is 0 Å². The zero-order chi connectivity index (χ0) is 12.3. The summed E-state index contributed by atoms with van der Waals surface area (Å²) in [6.45, 7) is 8.56. The van der Waals surface area contributed by atoms with Gasteiger partial charge in [-0.15, -0.1) is 0 Å². The second-order valence-corrected chi connectivity index (χ2v) is 6.54. The van der Waals surface area contributed by atoms with Crippen LogP contribution in [-0.2, 0) is 4.79 Å². The van der Waals surface area contributed by atoms with Crippen LogP contribution in [0, 0.1) is 11.3 Å². The fourth-order valence-corrected chi connectivity index (χ4v) is 2.40. The first-order valence-corrected chi connectivity index (χ1v) is 6.84. The first kappa shape index (κ1) is 13.9. The molecule has 3 heteroatoms. The van der Waals surface area contributed by atoms with Gasteiger partial charge in [0.2, 0.25) is 5.91 Å². The van der Waals surface area contributed by atoms with Crippen molar-refractivity contribution in [1.29, 1.82) is 0 Å². The number of thiol groups is 1. The van der Waals surface area contributed by atoms with E-state index in [9.17, 15) is 4.79 Å². The fourth-order valence-electron chi connectivity index (χ4n) is 2.32. The molecule has 2 nitrogen and oxygen atoms in total. The lowest BCUT2D eigenvalue weighted by atomic mass is 9.73. The Morgan fingerprint density at radius 1 is 1.38 bits per heavy atom. The summed E-state index contributed by atoms with van der Waals surface area (Å²) >= 11 is 4.36. The average Bonchev–Trinajstić information content (AvgIpc) is 2.19. The van der Waals surface area contributed by atoms with E-state index < -0.39 is 0 Å². The summed E-state index contributed by atoms with van der Waals surface area (Å²) in [4.78, 5) is 12.0. The lowest BCUT2D eigenvalue weighted by Crippen LogP contribution is -2.49. The monoisotopic (exact) mass is 243 g/mol. The third-order valence-corrected chi connectivity index (χ3v) is 4.55. The predicted octanol–water partition coefficient (Wildman–Crippen LogP) is 3.03. The third-order valence-electron chi connectivity index (χ3n) is 3.72. The minimum Gasteiger partial charge on any atom is -0.352 e. The minimum absolute atomic E-state index is 0.0957. The van der Waals surface area contributed by atoms with Crippen molar-refractivity contribution in [3.05, 3.63) is 0 Å². The first-order chi connectivity index (χ1) is 7.34. The van der Waals surface area contributed by atoms with E-state index in [-0.39, 0.29) is 22.5 Å². The molecular weight excluding hydrogens is 218 g/mol. The fraction of sp³-hybridized carbons (Fsp3) is 0.923. The van der Waals surface area contributed by atoms with Gasteiger partial charge < -0.3 is 5.32 Å². The number of amides is 1. The Balaban J connectivity index is 2.55. The maximum atomic E-state index is 12.0. The molecule has 1 amide bonds. The van der Waals surface area contributed by atoms with Crippen molar-refractivity contribution in [2.24, 2.45) is 11.3 Å². The van der Waals surface area contributed by atoms with E-state index in [4.69, 9.17) is 0 Å². The molecule has 94 valence electrons. The van der Waals surface area contributed by atoms with Gasteiger partial charge in [-0.05, 0) is 24.2 Å². The van der Waals surface area contributed by atoms with Gasteiger partial charge >= 0.3 is 0 Å². The molecule has 0 aromatic heterocycles. The van der Waals surface area contributed by atoms with E-state index >= 15 is 0 Å². The number of carbonyl (C=O) groups excluding carboxylic acids is 1. The normalized spacial score (nSPS) is 26.5. The number of nitrogens with one attached hydrogen (secondary N) is 1. The molecule has 0 aromatic rings. The van der Waals surface area contributed by atoms with E-state index in [1.807, 2.05) is 13.8 Å². The van der Waals surface area contributed by atoms with Crippen LogP contribution in [0.5, 0.6) is 0 Å². The van der Waals surface area contributed by atoms with Crippen LogP contribution in [0.2, 0.25) is 0 Å². The van der Waals surface area contributed by atoms with Crippen LogP contribution in [0.1, 0.15) is 53.4 Å². The van der Waals surface area contributed by atoms with Crippen molar-refractivity contribution >= 4 is 18.5 Å². The van der Waals surface area contributed by atoms with E-state index in [1.165, 1.54) is 19.3 Å². The summed E-state index contributed by atoms with van der Waals surface area (Å²) in [5, 5.41) is 2.99. The smallest absolute Gasteiger partial charge is 0.233 e. The Labute approximate surface area is 105 Å². The second-order valence-electron chi connectivity index (χ2n) is 5.98. The third kappa shape index (κ3) is 3.41. The molecule has 1 aliphatic carbocycles. The molecule has 1 saturated carbocycles. The highest BCUT2D eigenvalue weighted by Crippen LogP contribution is 2.35. The molecule has 1 rings (SSSR count). The molecule has 1 N–H and O–H groups in total. The van der Waals surface area contributed by atoms with Gasteiger partial charge in [0.15, 0.2) is 0 Å².